The fraction of sp³-hybridized carbons (Fsp3) is 0.217. The molecule has 34 heavy (non-hydrogen) atoms. The number of halogens is 3. The van der Waals surface area contributed by atoms with Crippen molar-refractivity contribution in [2.75, 3.05) is 31.9 Å². The summed E-state index contributed by atoms with van der Waals surface area (Å²) in [6, 6.07) is 11.2. The van der Waals surface area contributed by atoms with Gasteiger partial charge in [-0.3, -0.25) is 4.79 Å². The van der Waals surface area contributed by atoms with E-state index in [1.807, 2.05) is 0 Å². The number of nitrogens with zero attached hydrogens (tertiary/aromatic N) is 4. The van der Waals surface area contributed by atoms with E-state index in [4.69, 9.17) is 10.8 Å². The quantitative estimate of drug-likeness (QED) is 0.600. The molecular formula is C23H20F3N5O3. The Labute approximate surface area is 192 Å². The molecule has 0 bridgehead atoms. The van der Waals surface area contributed by atoms with Crippen molar-refractivity contribution >= 4 is 17.8 Å². The van der Waals surface area contributed by atoms with Crippen LogP contribution < -0.4 is 5.73 Å². The van der Waals surface area contributed by atoms with Crippen molar-refractivity contribution in [2.24, 2.45) is 0 Å². The monoisotopic (exact) mass is 471 g/mol. The van der Waals surface area contributed by atoms with Gasteiger partial charge in [-0.05, 0) is 24.3 Å². The second-order valence-corrected chi connectivity index (χ2v) is 7.70. The number of carbonyl (C=O) groups is 2. The van der Waals surface area contributed by atoms with Gasteiger partial charge in [-0.1, -0.05) is 24.3 Å². The first kappa shape index (κ1) is 23.0. The molecule has 2 aromatic carbocycles. The molecule has 0 spiro atoms. The van der Waals surface area contributed by atoms with Crippen LogP contribution in [0.1, 0.15) is 15.9 Å². The van der Waals surface area contributed by atoms with Crippen LogP contribution in [0, 0.1) is 0 Å². The number of piperazine rings is 1. The maximum atomic E-state index is 12.8. The molecule has 0 radical (unpaired) electrons. The topological polar surface area (TPSA) is 113 Å². The highest BCUT2D eigenvalue weighted by Crippen LogP contribution is 2.32. The lowest BCUT2D eigenvalue weighted by Gasteiger charge is -2.33. The number of hydrogen-bond acceptors (Lipinski definition) is 5. The summed E-state index contributed by atoms with van der Waals surface area (Å²) in [5.74, 6) is -0.124. The van der Waals surface area contributed by atoms with Crippen molar-refractivity contribution in [2.45, 2.75) is 6.18 Å². The Balaban J connectivity index is 1.52. The molecule has 1 aliphatic heterocycles. The fourth-order valence-corrected chi connectivity index (χ4v) is 3.63. The van der Waals surface area contributed by atoms with Gasteiger partial charge in [0.15, 0.2) is 0 Å². The van der Waals surface area contributed by atoms with Gasteiger partial charge in [0.2, 0.25) is 0 Å². The van der Waals surface area contributed by atoms with E-state index in [1.54, 1.807) is 29.2 Å². The second-order valence-electron chi connectivity index (χ2n) is 7.70. The Morgan fingerprint density at radius 1 is 0.882 bits per heavy atom. The molecule has 1 aromatic heterocycles. The third-order valence-corrected chi connectivity index (χ3v) is 5.55. The molecule has 8 nitrogen and oxygen atoms in total. The summed E-state index contributed by atoms with van der Waals surface area (Å²) in [6.45, 7) is 1.14. The number of amides is 2. The molecular weight excluding hydrogens is 451 g/mol. The van der Waals surface area contributed by atoms with Gasteiger partial charge in [0.05, 0.1) is 17.5 Å². The summed E-state index contributed by atoms with van der Waals surface area (Å²) in [5.41, 5.74) is 7.32. The van der Waals surface area contributed by atoms with Crippen LogP contribution in [-0.4, -0.2) is 63.1 Å². The number of aromatic nitrogens is 2. The summed E-state index contributed by atoms with van der Waals surface area (Å²) in [4.78, 5) is 35.2. The van der Waals surface area contributed by atoms with Gasteiger partial charge in [0, 0.05) is 42.9 Å². The van der Waals surface area contributed by atoms with Gasteiger partial charge in [-0.25, -0.2) is 14.8 Å². The molecule has 1 fully saturated rings. The van der Waals surface area contributed by atoms with E-state index in [9.17, 15) is 22.8 Å². The van der Waals surface area contributed by atoms with Crippen LogP contribution >= 0.6 is 0 Å². The van der Waals surface area contributed by atoms with Gasteiger partial charge in [-0.15, -0.1) is 0 Å². The minimum Gasteiger partial charge on any atom is -0.465 e. The van der Waals surface area contributed by atoms with Crippen LogP contribution in [0.25, 0.3) is 22.5 Å². The number of alkyl halides is 3. The highest BCUT2D eigenvalue weighted by atomic mass is 19.4. The predicted molar refractivity (Wildman–Crippen MR) is 118 cm³/mol. The largest absolute Gasteiger partial charge is 0.465 e. The number of carbonyl (C=O) groups excluding carboxylic acids is 1. The number of benzene rings is 2. The first-order chi connectivity index (χ1) is 16.1. The number of nitrogen functional groups attached to an aromatic ring is 1. The lowest BCUT2D eigenvalue weighted by molar-refractivity contribution is -0.137. The Morgan fingerprint density at radius 3 is 2.00 bits per heavy atom. The van der Waals surface area contributed by atoms with Crippen LogP contribution in [-0.2, 0) is 6.18 Å². The van der Waals surface area contributed by atoms with E-state index in [-0.39, 0.29) is 30.5 Å². The minimum atomic E-state index is -4.44. The van der Waals surface area contributed by atoms with Gasteiger partial charge in [-0.2, -0.15) is 13.2 Å². The molecule has 1 aliphatic rings. The maximum absolute atomic E-state index is 12.8. The third-order valence-electron chi connectivity index (χ3n) is 5.55. The van der Waals surface area contributed by atoms with Crippen molar-refractivity contribution in [3.05, 3.63) is 65.9 Å². The van der Waals surface area contributed by atoms with Crippen molar-refractivity contribution in [3.63, 3.8) is 0 Å². The van der Waals surface area contributed by atoms with E-state index >= 15 is 0 Å². The Morgan fingerprint density at radius 2 is 1.44 bits per heavy atom. The van der Waals surface area contributed by atoms with E-state index in [0.29, 0.717) is 35.5 Å². The average molecular weight is 471 g/mol. The summed E-state index contributed by atoms with van der Waals surface area (Å²) >= 11 is 0. The third kappa shape index (κ3) is 4.77. The molecule has 0 unspecified atom stereocenters. The van der Waals surface area contributed by atoms with Crippen LogP contribution in [0.2, 0.25) is 0 Å². The van der Waals surface area contributed by atoms with Crippen molar-refractivity contribution in [1.29, 1.82) is 0 Å². The van der Waals surface area contributed by atoms with Crippen LogP contribution in [0.3, 0.4) is 0 Å². The number of anilines is 1. The summed E-state index contributed by atoms with van der Waals surface area (Å²) < 4.78 is 38.5. The van der Waals surface area contributed by atoms with Crippen LogP contribution in [0.15, 0.2) is 54.7 Å². The lowest BCUT2D eigenvalue weighted by Crippen LogP contribution is -2.50. The fourth-order valence-electron chi connectivity index (χ4n) is 3.63. The average Bonchev–Trinajstić information content (AvgIpc) is 2.83. The zero-order chi connectivity index (χ0) is 24.5. The van der Waals surface area contributed by atoms with Crippen LogP contribution in [0.4, 0.5) is 23.8 Å². The molecule has 2 heterocycles. The molecule has 176 valence electrons. The predicted octanol–water partition coefficient (Wildman–Crippen LogP) is 3.85. The highest BCUT2D eigenvalue weighted by Gasteiger charge is 2.30. The maximum Gasteiger partial charge on any atom is 0.416 e. The Kier molecular flexibility index (Phi) is 6.10. The molecule has 3 aromatic rings. The van der Waals surface area contributed by atoms with Gasteiger partial charge >= 0.3 is 12.3 Å². The van der Waals surface area contributed by atoms with Gasteiger partial charge in [0.1, 0.15) is 11.5 Å². The molecule has 1 saturated heterocycles. The highest BCUT2D eigenvalue weighted by molar-refractivity contribution is 5.95. The summed E-state index contributed by atoms with van der Waals surface area (Å²) in [7, 11) is 0. The molecule has 0 aliphatic carbocycles. The van der Waals surface area contributed by atoms with E-state index in [0.717, 1.165) is 12.1 Å². The zero-order valence-corrected chi connectivity index (χ0v) is 17.8. The lowest BCUT2D eigenvalue weighted by atomic mass is 10.1. The molecule has 0 saturated carbocycles. The molecule has 4 rings (SSSR count). The molecule has 2 amide bonds. The first-order valence-electron chi connectivity index (χ1n) is 10.3. The summed E-state index contributed by atoms with van der Waals surface area (Å²) in [5, 5.41) is 9.03. The smallest absolute Gasteiger partial charge is 0.416 e. The number of hydrogen-bond donors (Lipinski definition) is 2. The molecule has 11 heteroatoms. The zero-order valence-electron chi connectivity index (χ0n) is 17.8. The van der Waals surface area contributed by atoms with Crippen molar-refractivity contribution in [1.82, 2.24) is 19.8 Å². The Bertz CT molecular complexity index is 1210. The number of carboxylic acid groups (broad SMARTS) is 1. The molecule has 0 atom stereocenters. The first-order valence-corrected chi connectivity index (χ1v) is 10.3. The summed E-state index contributed by atoms with van der Waals surface area (Å²) in [6.07, 6.45) is -4.00. The minimum absolute atomic E-state index is 0.0795. The van der Waals surface area contributed by atoms with Crippen molar-refractivity contribution in [3.8, 4) is 22.5 Å². The molecule has 3 N–H and O–H groups in total. The van der Waals surface area contributed by atoms with Crippen LogP contribution in [0.5, 0.6) is 0 Å². The normalized spacial score (nSPS) is 14.2. The standard InChI is InChI=1S/C23H20F3N5O3/c24-23(25,26)17-7-5-15(6-8-17)19-20(27)28-13-18(29-19)14-1-3-16(4-2-14)21(32)30-9-11-31(12-10-30)22(33)34/h1-8,13H,9-12H2,(H2,27,28)(H,33,34). The second kappa shape index (κ2) is 9.00. The van der Waals surface area contributed by atoms with E-state index in [2.05, 4.69) is 9.97 Å². The van der Waals surface area contributed by atoms with Gasteiger partial charge in [0.25, 0.3) is 5.91 Å². The van der Waals surface area contributed by atoms with Gasteiger partial charge < -0.3 is 20.6 Å². The van der Waals surface area contributed by atoms with E-state index < -0.39 is 17.8 Å². The van der Waals surface area contributed by atoms with Crippen molar-refractivity contribution < 1.29 is 27.9 Å². The SMILES string of the molecule is Nc1ncc(-c2ccc(C(=O)N3CCN(C(=O)O)CC3)cc2)nc1-c1ccc(C(F)(F)F)cc1. The Hall–Kier alpha value is -4.15. The van der Waals surface area contributed by atoms with E-state index in [1.165, 1.54) is 23.2 Å². The number of rotatable bonds is 3. The number of nitrogens with two attached hydrogens (primary N) is 1.